The minimum Gasteiger partial charge on any atom is -0.307 e. The number of carbonyl (C=O) groups excluding carboxylic acids is 1. The number of anilines is 1. The Bertz CT molecular complexity index is 829. The lowest BCUT2D eigenvalue weighted by Gasteiger charge is -2.23. The Morgan fingerprint density at radius 1 is 1.00 bits per heavy atom. The van der Waals surface area contributed by atoms with Gasteiger partial charge in [-0.05, 0) is 107 Å². The number of hydrogen-bond acceptors (Lipinski definition) is 4. The zero-order valence-electron chi connectivity index (χ0n) is 18.7. The fraction of sp³-hybridized carbons (Fsp3) is 0.696. The number of sulfonamides is 1. The summed E-state index contributed by atoms with van der Waals surface area (Å²) in [7, 11) is -3.72. The number of nitrogens with zero attached hydrogens (tertiary/aromatic N) is 1. The highest BCUT2D eigenvalue weighted by molar-refractivity contribution is 7.90. The standard InChI is InChI=1S/C23H37N3O3S/c1-4-13-26(14-5-2)15-12-17(3)30(28,29)25-23(27)24-22-20-10-6-8-18(20)16-19-9-7-11-21(19)22/h16-17H,4-15H2,1-3H3,(H2,24,25,27). The second-order valence-electron chi connectivity index (χ2n) is 8.78. The maximum Gasteiger partial charge on any atom is 0.332 e. The van der Waals surface area contributed by atoms with E-state index >= 15 is 0 Å². The molecule has 0 aliphatic heterocycles. The first kappa shape index (κ1) is 23.1. The number of nitrogens with one attached hydrogen (secondary N) is 2. The van der Waals surface area contributed by atoms with Crippen LogP contribution in [0.2, 0.25) is 0 Å². The van der Waals surface area contributed by atoms with E-state index in [9.17, 15) is 13.2 Å². The zero-order valence-corrected chi connectivity index (χ0v) is 19.5. The van der Waals surface area contributed by atoms with Gasteiger partial charge in [0.25, 0.3) is 0 Å². The molecular formula is C23H37N3O3S. The van der Waals surface area contributed by atoms with Crippen LogP contribution in [0.15, 0.2) is 6.07 Å². The zero-order chi connectivity index (χ0) is 21.7. The second kappa shape index (κ2) is 10.1. The molecule has 1 atom stereocenters. The molecular weight excluding hydrogens is 398 g/mol. The van der Waals surface area contributed by atoms with Crippen LogP contribution in [0.4, 0.5) is 10.5 Å². The molecule has 0 aromatic heterocycles. The fourth-order valence-corrected chi connectivity index (χ4v) is 5.75. The van der Waals surface area contributed by atoms with Crippen LogP contribution >= 0.6 is 0 Å². The highest BCUT2D eigenvalue weighted by Crippen LogP contribution is 2.38. The summed E-state index contributed by atoms with van der Waals surface area (Å²) in [5.41, 5.74) is 5.90. The van der Waals surface area contributed by atoms with Crippen molar-refractivity contribution in [1.82, 2.24) is 9.62 Å². The molecule has 2 N–H and O–H groups in total. The average Bonchev–Trinajstić information content (AvgIpc) is 3.34. The van der Waals surface area contributed by atoms with Crippen molar-refractivity contribution in [2.45, 2.75) is 83.8 Å². The number of amides is 2. The van der Waals surface area contributed by atoms with Crippen LogP contribution in [-0.4, -0.2) is 44.2 Å². The van der Waals surface area contributed by atoms with E-state index in [0.717, 1.165) is 76.7 Å². The molecule has 30 heavy (non-hydrogen) atoms. The third-order valence-electron chi connectivity index (χ3n) is 6.41. The number of urea groups is 1. The molecule has 1 aromatic rings. The van der Waals surface area contributed by atoms with E-state index in [1.54, 1.807) is 6.92 Å². The summed E-state index contributed by atoms with van der Waals surface area (Å²) in [6, 6.07) is 1.67. The van der Waals surface area contributed by atoms with Crippen LogP contribution in [0.5, 0.6) is 0 Å². The number of benzene rings is 1. The minimum absolute atomic E-state index is 0.513. The molecule has 7 heteroatoms. The predicted octanol–water partition coefficient (Wildman–Crippen LogP) is 4.02. The summed E-state index contributed by atoms with van der Waals surface area (Å²) >= 11 is 0. The number of aryl methyl sites for hydroxylation is 2. The predicted molar refractivity (Wildman–Crippen MR) is 123 cm³/mol. The molecule has 0 spiro atoms. The number of rotatable bonds is 10. The van der Waals surface area contributed by atoms with Crippen LogP contribution in [0.1, 0.15) is 75.1 Å². The molecule has 2 aliphatic rings. The van der Waals surface area contributed by atoms with E-state index < -0.39 is 21.3 Å². The highest BCUT2D eigenvalue weighted by Gasteiger charge is 2.27. The Hall–Kier alpha value is -1.60. The SMILES string of the molecule is CCCN(CCC)CCC(C)S(=O)(=O)NC(=O)Nc1c2c(cc3c1CCC3)CCC2. The van der Waals surface area contributed by atoms with E-state index in [1.165, 1.54) is 22.3 Å². The number of carbonyl (C=O) groups is 1. The molecule has 1 aromatic carbocycles. The van der Waals surface area contributed by atoms with E-state index in [1.807, 2.05) is 0 Å². The van der Waals surface area contributed by atoms with Gasteiger partial charge in [0.05, 0.1) is 5.25 Å². The summed E-state index contributed by atoms with van der Waals surface area (Å²) in [6.07, 6.45) is 8.78. The molecule has 0 saturated heterocycles. The molecule has 0 radical (unpaired) electrons. The molecule has 1 unspecified atom stereocenters. The van der Waals surface area contributed by atoms with Gasteiger partial charge in [-0.15, -0.1) is 0 Å². The molecule has 3 rings (SSSR count). The largest absolute Gasteiger partial charge is 0.332 e. The van der Waals surface area contributed by atoms with Gasteiger partial charge in [0.15, 0.2) is 0 Å². The topological polar surface area (TPSA) is 78.5 Å². The van der Waals surface area contributed by atoms with Crippen LogP contribution in [0.25, 0.3) is 0 Å². The van der Waals surface area contributed by atoms with Gasteiger partial charge in [-0.1, -0.05) is 19.9 Å². The van der Waals surface area contributed by atoms with Crippen molar-refractivity contribution in [2.75, 3.05) is 25.0 Å². The minimum atomic E-state index is -3.72. The van der Waals surface area contributed by atoms with E-state index in [4.69, 9.17) is 0 Å². The van der Waals surface area contributed by atoms with Crippen LogP contribution in [-0.2, 0) is 35.7 Å². The average molecular weight is 436 g/mol. The van der Waals surface area contributed by atoms with Gasteiger partial charge >= 0.3 is 6.03 Å². The van der Waals surface area contributed by atoms with Crippen molar-refractivity contribution in [2.24, 2.45) is 0 Å². The van der Waals surface area contributed by atoms with Crippen molar-refractivity contribution in [1.29, 1.82) is 0 Å². The van der Waals surface area contributed by atoms with Crippen molar-refractivity contribution in [3.8, 4) is 0 Å². The van der Waals surface area contributed by atoms with Crippen LogP contribution in [0.3, 0.4) is 0 Å². The third-order valence-corrected chi connectivity index (χ3v) is 8.17. The summed E-state index contributed by atoms with van der Waals surface area (Å²) in [5, 5.41) is 2.30. The summed E-state index contributed by atoms with van der Waals surface area (Å²) < 4.78 is 27.8. The van der Waals surface area contributed by atoms with Crippen molar-refractivity contribution in [3.63, 3.8) is 0 Å². The van der Waals surface area contributed by atoms with E-state index in [0.29, 0.717) is 6.42 Å². The lowest BCUT2D eigenvalue weighted by atomic mass is 9.99. The van der Waals surface area contributed by atoms with Crippen molar-refractivity contribution >= 4 is 21.7 Å². The lowest BCUT2D eigenvalue weighted by Crippen LogP contribution is -2.41. The second-order valence-corrected chi connectivity index (χ2v) is 10.9. The maximum atomic E-state index is 12.7. The Labute approximate surface area is 181 Å². The van der Waals surface area contributed by atoms with Gasteiger partial charge in [-0.25, -0.2) is 17.9 Å². The molecule has 0 saturated carbocycles. The molecule has 0 heterocycles. The van der Waals surface area contributed by atoms with Crippen molar-refractivity contribution in [3.05, 3.63) is 28.3 Å². The maximum absolute atomic E-state index is 12.7. The van der Waals surface area contributed by atoms with Crippen LogP contribution < -0.4 is 10.0 Å². The first-order chi connectivity index (χ1) is 14.4. The molecule has 168 valence electrons. The Morgan fingerprint density at radius 3 is 2.10 bits per heavy atom. The number of fused-ring (bicyclic) bond motifs is 2. The summed E-state index contributed by atoms with van der Waals surface area (Å²) in [4.78, 5) is 15.0. The smallest absolute Gasteiger partial charge is 0.307 e. The monoisotopic (exact) mass is 435 g/mol. The van der Waals surface area contributed by atoms with Gasteiger partial charge < -0.3 is 10.2 Å². The van der Waals surface area contributed by atoms with Gasteiger partial charge in [0.1, 0.15) is 0 Å². The first-order valence-corrected chi connectivity index (χ1v) is 13.1. The number of hydrogen-bond donors (Lipinski definition) is 2. The molecule has 0 bridgehead atoms. The molecule has 2 aliphatic carbocycles. The van der Waals surface area contributed by atoms with Gasteiger partial charge in [0.2, 0.25) is 10.0 Å². The van der Waals surface area contributed by atoms with Gasteiger partial charge in [-0.2, -0.15) is 0 Å². The molecule has 6 nitrogen and oxygen atoms in total. The normalized spacial score (nSPS) is 16.4. The van der Waals surface area contributed by atoms with Gasteiger partial charge in [0, 0.05) is 5.69 Å². The highest BCUT2D eigenvalue weighted by atomic mass is 32.2. The third kappa shape index (κ3) is 5.35. The Morgan fingerprint density at radius 2 is 1.57 bits per heavy atom. The molecule has 0 fully saturated rings. The summed E-state index contributed by atoms with van der Waals surface area (Å²) in [6.45, 7) is 8.61. The Kier molecular flexibility index (Phi) is 7.80. The van der Waals surface area contributed by atoms with E-state index in [-0.39, 0.29) is 0 Å². The van der Waals surface area contributed by atoms with Crippen molar-refractivity contribution < 1.29 is 13.2 Å². The van der Waals surface area contributed by atoms with E-state index in [2.05, 4.69) is 34.9 Å². The van der Waals surface area contributed by atoms with Gasteiger partial charge in [-0.3, -0.25) is 0 Å². The molecule has 2 amide bonds. The first-order valence-electron chi connectivity index (χ1n) is 11.6. The Balaban J connectivity index is 1.63. The quantitative estimate of drug-likeness (QED) is 0.582. The fourth-order valence-electron chi connectivity index (χ4n) is 4.82. The lowest BCUT2D eigenvalue weighted by molar-refractivity contribution is 0.256. The summed E-state index contributed by atoms with van der Waals surface area (Å²) in [5.74, 6) is 0. The van der Waals surface area contributed by atoms with Crippen LogP contribution in [0, 0.1) is 0 Å².